The summed E-state index contributed by atoms with van der Waals surface area (Å²) in [5, 5.41) is 18.7. The van der Waals surface area contributed by atoms with E-state index >= 15 is 0 Å². The van der Waals surface area contributed by atoms with Gasteiger partial charge in [-0.05, 0) is 36.3 Å². The van der Waals surface area contributed by atoms with Crippen LogP contribution in [0.3, 0.4) is 0 Å². The van der Waals surface area contributed by atoms with Gasteiger partial charge in [0.05, 0.1) is 6.07 Å². The Hall–Kier alpha value is -1.95. The van der Waals surface area contributed by atoms with Crippen LogP contribution in [0.4, 0.5) is 0 Å². The van der Waals surface area contributed by atoms with E-state index in [1.54, 1.807) is 6.08 Å². The maximum absolute atomic E-state index is 9.03. The van der Waals surface area contributed by atoms with E-state index in [4.69, 9.17) is 15.5 Å². The molecule has 2 bridgehead atoms. The number of hydrogen-bond acceptors (Lipinski definition) is 3. The summed E-state index contributed by atoms with van der Waals surface area (Å²) in [6.07, 6.45) is 7.30. The number of azo groups is 1. The molecule has 4 rings (SSSR count). The predicted molar refractivity (Wildman–Crippen MR) is 85.1 cm³/mol. The lowest BCUT2D eigenvalue weighted by atomic mass is 9.63. The number of nitrogens with zero attached hydrogens (tertiary/aromatic N) is 3. The maximum atomic E-state index is 9.03. The molecule has 2 aliphatic carbocycles. The van der Waals surface area contributed by atoms with Gasteiger partial charge in [-0.1, -0.05) is 50.6 Å². The molecule has 0 aromatic heterocycles. The smallest absolute Gasteiger partial charge is 0.117 e. The SMILES string of the molecule is CC1(C)[C@]2(/C=C\C#N)N=N[C@@]1(c1ccccc1)[C@H]1CCC[C@H]12. The number of fused-ring (bicyclic) bond motifs is 5. The van der Waals surface area contributed by atoms with E-state index in [1.165, 1.54) is 24.8 Å². The lowest BCUT2D eigenvalue weighted by Crippen LogP contribution is -2.45. The average molecular weight is 291 g/mol. The molecule has 0 N–H and O–H groups in total. The summed E-state index contributed by atoms with van der Waals surface area (Å²) in [4.78, 5) is 0. The van der Waals surface area contributed by atoms with E-state index in [9.17, 15) is 0 Å². The molecule has 0 spiro atoms. The van der Waals surface area contributed by atoms with Gasteiger partial charge >= 0.3 is 0 Å². The molecule has 2 fully saturated rings. The van der Waals surface area contributed by atoms with Gasteiger partial charge in [-0.15, -0.1) is 0 Å². The Balaban J connectivity index is 1.96. The molecule has 0 radical (unpaired) electrons. The number of nitriles is 1. The van der Waals surface area contributed by atoms with Crippen molar-refractivity contribution in [3.8, 4) is 6.07 Å². The molecular formula is C19H21N3. The lowest BCUT2D eigenvalue weighted by molar-refractivity contribution is 0.164. The third-order valence-electron chi connectivity index (χ3n) is 6.57. The van der Waals surface area contributed by atoms with Crippen LogP contribution >= 0.6 is 0 Å². The summed E-state index contributed by atoms with van der Waals surface area (Å²) in [7, 11) is 0. The topological polar surface area (TPSA) is 48.5 Å². The summed E-state index contributed by atoms with van der Waals surface area (Å²) in [5.41, 5.74) is 0.616. The fourth-order valence-electron chi connectivity index (χ4n) is 5.63. The van der Waals surface area contributed by atoms with E-state index in [-0.39, 0.29) is 16.5 Å². The highest BCUT2D eigenvalue weighted by molar-refractivity contribution is 5.43. The minimum Gasteiger partial charge on any atom is -0.193 e. The van der Waals surface area contributed by atoms with Gasteiger partial charge in [0.1, 0.15) is 11.1 Å². The zero-order valence-corrected chi connectivity index (χ0v) is 13.2. The van der Waals surface area contributed by atoms with Crippen LogP contribution in [0.2, 0.25) is 0 Å². The molecule has 0 saturated heterocycles. The Kier molecular flexibility index (Phi) is 2.67. The van der Waals surface area contributed by atoms with E-state index in [0.717, 1.165) is 0 Å². The van der Waals surface area contributed by atoms with Crippen molar-refractivity contribution < 1.29 is 0 Å². The standard InChI is InChI=1S/C19H21N3/c1-17(2)18(12-7-13-20)15-10-6-11-16(15)19(17,22-21-18)14-8-4-3-5-9-14/h3-5,7-9,12,15-16H,6,10-11H2,1-2H3/b12-7-/t15-,16+,18-,19+/m1/s1. The fraction of sp³-hybridized carbons (Fsp3) is 0.526. The van der Waals surface area contributed by atoms with Crippen LogP contribution in [0.15, 0.2) is 52.7 Å². The summed E-state index contributed by atoms with van der Waals surface area (Å²) < 4.78 is 0. The molecule has 1 aromatic rings. The van der Waals surface area contributed by atoms with Crippen molar-refractivity contribution in [2.24, 2.45) is 27.5 Å². The van der Waals surface area contributed by atoms with Gasteiger partial charge in [-0.25, -0.2) is 0 Å². The Labute approximate surface area is 131 Å². The number of rotatable bonds is 2. The Bertz CT molecular complexity index is 697. The van der Waals surface area contributed by atoms with Crippen LogP contribution in [-0.2, 0) is 5.54 Å². The average Bonchev–Trinajstić information content (AvgIpc) is 3.14. The van der Waals surface area contributed by atoms with Crippen LogP contribution in [0.1, 0.15) is 38.7 Å². The van der Waals surface area contributed by atoms with Crippen LogP contribution < -0.4 is 0 Å². The Morgan fingerprint density at radius 1 is 1.14 bits per heavy atom. The first kappa shape index (κ1) is 13.7. The zero-order chi connectivity index (χ0) is 15.4. The summed E-state index contributed by atoms with van der Waals surface area (Å²) >= 11 is 0. The molecule has 1 aliphatic heterocycles. The van der Waals surface area contributed by atoms with Crippen molar-refractivity contribution in [1.82, 2.24) is 0 Å². The molecule has 0 amide bonds. The van der Waals surface area contributed by atoms with Gasteiger partial charge in [-0.2, -0.15) is 15.5 Å². The molecule has 1 heterocycles. The van der Waals surface area contributed by atoms with Gasteiger partial charge in [0.25, 0.3) is 0 Å². The first-order chi connectivity index (χ1) is 10.6. The molecule has 3 aliphatic rings. The second-order valence-corrected chi connectivity index (χ2v) is 7.39. The number of allylic oxidation sites excluding steroid dienone is 1. The monoisotopic (exact) mass is 291 g/mol. The first-order valence-corrected chi connectivity index (χ1v) is 8.17. The zero-order valence-electron chi connectivity index (χ0n) is 13.2. The highest BCUT2D eigenvalue weighted by Gasteiger charge is 2.76. The molecule has 0 unspecified atom stereocenters. The summed E-state index contributed by atoms with van der Waals surface area (Å²) in [6.45, 7) is 4.58. The summed E-state index contributed by atoms with van der Waals surface area (Å²) in [6, 6.07) is 12.8. The van der Waals surface area contributed by atoms with Crippen LogP contribution in [0, 0.1) is 28.6 Å². The third-order valence-corrected chi connectivity index (χ3v) is 6.57. The van der Waals surface area contributed by atoms with E-state index in [1.807, 2.05) is 6.08 Å². The second kappa shape index (κ2) is 4.29. The van der Waals surface area contributed by atoms with Crippen molar-refractivity contribution in [1.29, 1.82) is 5.26 Å². The van der Waals surface area contributed by atoms with Gasteiger partial charge in [-0.3, -0.25) is 0 Å². The quantitative estimate of drug-likeness (QED) is 0.733. The molecule has 2 saturated carbocycles. The molecule has 3 nitrogen and oxygen atoms in total. The summed E-state index contributed by atoms with van der Waals surface area (Å²) in [5.74, 6) is 1.04. The minimum absolute atomic E-state index is 0.107. The van der Waals surface area contributed by atoms with Crippen LogP contribution in [-0.4, -0.2) is 5.54 Å². The normalized spacial score (nSPS) is 41.0. The van der Waals surface area contributed by atoms with Crippen molar-refractivity contribution >= 4 is 0 Å². The van der Waals surface area contributed by atoms with Gasteiger partial charge in [0.15, 0.2) is 0 Å². The maximum Gasteiger partial charge on any atom is 0.117 e. The molecule has 3 heteroatoms. The fourth-order valence-corrected chi connectivity index (χ4v) is 5.63. The second-order valence-electron chi connectivity index (χ2n) is 7.39. The van der Waals surface area contributed by atoms with Crippen molar-refractivity contribution in [3.63, 3.8) is 0 Å². The van der Waals surface area contributed by atoms with Crippen LogP contribution in [0.5, 0.6) is 0 Å². The lowest BCUT2D eigenvalue weighted by Gasteiger charge is -2.40. The molecule has 112 valence electrons. The minimum atomic E-state index is -0.320. The van der Waals surface area contributed by atoms with E-state index < -0.39 is 0 Å². The van der Waals surface area contributed by atoms with Gasteiger partial charge in [0.2, 0.25) is 0 Å². The highest BCUT2D eigenvalue weighted by atomic mass is 15.3. The largest absolute Gasteiger partial charge is 0.193 e. The van der Waals surface area contributed by atoms with E-state index in [0.29, 0.717) is 11.8 Å². The predicted octanol–water partition coefficient (Wildman–Crippen LogP) is 4.62. The molecular weight excluding hydrogens is 270 g/mol. The third kappa shape index (κ3) is 1.28. The molecule has 22 heavy (non-hydrogen) atoms. The molecule has 1 aromatic carbocycles. The first-order valence-electron chi connectivity index (χ1n) is 8.17. The highest BCUT2D eigenvalue weighted by Crippen LogP contribution is 2.74. The van der Waals surface area contributed by atoms with Gasteiger partial charge in [0, 0.05) is 11.5 Å². The number of hydrogen-bond donors (Lipinski definition) is 0. The van der Waals surface area contributed by atoms with Crippen molar-refractivity contribution in [3.05, 3.63) is 48.0 Å². The van der Waals surface area contributed by atoms with Crippen molar-refractivity contribution in [2.45, 2.75) is 44.2 Å². The molecule has 4 atom stereocenters. The van der Waals surface area contributed by atoms with Gasteiger partial charge < -0.3 is 0 Å². The Morgan fingerprint density at radius 3 is 2.59 bits per heavy atom. The van der Waals surface area contributed by atoms with Crippen LogP contribution in [0.25, 0.3) is 0 Å². The Morgan fingerprint density at radius 2 is 1.86 bits per heavy atom. The van der Waals surface area contributed by atoms with Crippen molar-refractivity contribution in [2.75, 3.05) is 0 Å². The van der Waals surface area contributed by atoms with E-state index in [2.05, 4.69) is 50.2 Å². The number of benzene rings is 1.